The van der Waals surface area contributed by atoms with Crippen LogP contribution >= 0.6 is 0 Å². The second-order valence-electron chi connectivity index (χ2n) is 5.86. The van der Waals surface area contributed by atoms with Crippen molar-refractivity contribution in [3.8, 4) is 0 Å². The van der Waals surface area contributed by atoms with E-state index in [1.807, 2.05) is 60.7 Å². The van der Waals surface area contributed by atoms with E-state index in [2.05, 4.69) is 5.10 Å². The minimum Gasteiger partial charge on any atom is -0.391 e. The molecule has 4 N–H and O–H groups in total. The highest BCUT2D eigenvalue weighted by Crippen LogP contribution is 2.17. The molecule has 0 saturated carbocycles. The Kier molecular flexibility index (Phi) is 7.09. The van der Waals surface area contributed by atoms with Crippen LogP contribution in [0.1, 0.15) is 12.5 Å². The van der Waals surface area contributed by atoms with Crippen molar-refractivity contribution in [2.45, 2.75) is 37.9 Å². The minimum atomic E-state index is -1.53. The molecule has 0 saturated heterocycles. The quantitative estimate of drug-likeness (QED) is 0.425. The van der Waals surface area contributed by atoms with Gasteiger partial charge in [0.2, 0.25) is 0 Å². The third-order valence-corrected chi connectivity index (χ3v) is 3.78. The Morgan fingerprint density at radius 2 is 1.44 bits per heavy atom. The van der Waals surface area contributed by atoms with Gasteiger partial charge in [0, 0.05) is 0 Å². The fourth-order valence-corrected chi connectivity index (χ4v) is 2.28. The molecule has 0 radical (unpaired) electrons. The topological polar surface area (TPSA) is 96.5 Å². The van der Waals surface area contributed by atoms with Crippen LogP contribution in [0.3, 0.4) is 0 Å². The zero-order valence-electron chi connectivity index (χ0n) is 14.1. The molecular formula is C19H24N2O4. The third-order valence-electron chi connectivity index (χ3n) is 3.78. The number of para-hydroxylation sites is 1. The molecule has 25 heavy (non-hydrogen) atoms. The Balaban J connectivity index is 2.15. The molecule has 0 heterocycles. The van der Waals surface area contributed by atoms with Crippen LogP contribution in [0, 0.1) is 0 Å². The zero-order chi connectivity index (χ0) is 18.2. The molecule has 6 nitrogen and oxygen atoms in total. The number of nitrogens with zero attached hydrogens (tertiary/aromatic N) is 2. The van der Waals surface area contributed by atoms with Crippen LogP contribution in [0.25, 0.3) is 0 Å². The second kappa shape index (κ2) is 9.29. The molecule has 0 spiro atoms. The van der Waals surface area contributed by atoms with Gasteiger partial charge in [-0.2, -0.15) is 5.10 Å². The largest absolute Gasteiger partial charge is 0.391 e. The highest BCUT2D eigenvalue weighted by molar-refractivity contribution is 5.66. The van der Waals surface area contributed by atoms with E-state index in [1.54, 1.807) is 5.01 Å². The summed E-state index contributed by atoms with van der Waals surface area (Å²) in [4.78, 5) is 0. The van der Waals surface area contributed by atoms with Crippen molar-refractivity contribution >= 4 is 11.9 Å². The van der Waals surface area contributed by atoms with Crippen LogP contribution in [-0.4, -0.2) is 51.1 Å². The van der Waals surface area contributed by atoms with Crippen molar-refractivity contribution in [1.82, 2.24) is 0 Å². The Labute approximate surface area is 147 Å². The van der Waals surface area contributed by atoms with Gasteiger partial charge in [-0.15, -0.1) is 0 Å². The van der Waals surface area contributed by atoms with Crippen molar-refractivity contribution in [2.24, 2.45) is 5.10 Å². The summed E-state index contributed by atoms with van der Waals surface area (Å²) < 4.78 is 0. The molecule has 0 aliphatic heterocycles. The summed E-state index contributed by atoms with van der Waals surface area (Å²) in [6.07, 6.45) is -4.40. The molecule has 6 heteroatoms. The molecule has 134 valence electrons. The van der Waals surface area contributed by atoms with Crippen molar-refractivity contribution in [1.29, 1.82) is 0 Å². The van der Waals surface area contributed by atoms with E-state index in [0.717, 1.165) is 17.5 Å². The van der Waals surface area contributed by atoms with Crippen LogP contribution in [0.15, 0.2) is 65.8 Å². The molecule has 2 aromatic rings. The van der Waals surface area contributed by atoms with Gasteiger partial charge in [0.05, 0.1) is 24.6 Å². The monoisotopic (exact) mass is 344 g/mol. The summed E-state index contributed by atoms with van der Waals surface area (Å²) in [7, 11) is 0. The normalized spacial score (nSPS) is 16.4. The first-order valence-corrected chi connectivity index (χ1v) is 8.12. The average Bonchev–Trinajstić information content (AvgIpc) is 2.65. The van der Waals surface area contributed by atoms with Gasteiger partial charge < -0.3 is 20.4 Å². The van der Waals surface area contributed by atoms with Crippen LogP contribution in [-0.2, 0) is 6.54 Å². The molecular weight excluding hydrogens is 320 g/mol. The summed E-state index contributed by atoms with van der Waals surface area (Å²) in [6.45, 7) is 1.81. The molecule has 0 amide bonds. The van der Waals surface area contributed by atoms with E-state index in [0.29, 0.717) is 6.54 Å². The van der Waals surface area contributed by atoms with Crippen LogP contribution in [0.2, 0.25) is 0 Å². The van der Waals surface area contributed by atoms with E-state index >= 15 is 0 Å². The number of hydrogen-bond acceptors (Lipinski definition) is 6. The maximum absolute atomic E-state index is 10.0. The molecule has 0 aliphatic carbocycles. The Morgan fingerprint density at radius 3 is 2.00 bits per heavy atom. The van der Waals surface area contributed by atoms with Gasteiger partial charge in [0.25, 0.3) is 0 Å². The highest BCUT2D eigenvalue weighted by Gasteiger charge is 2.27. The number of hydrazone groups is 1. The van der Waals surface area contributed by atoms with E-state index in [9.17, 15) is 20.4 Å². The van der Waals surface area contributed by atoms with Gasteiger partial charge in [-0.25, -0.2) is 0 Å². The molecule has 0 bridgehead atoms. The first-order chi connectivity index (χ1) is 12.0. The molecule has 4 unspecified atom stereocenters. The summed E-state index contributed by atoms with van der Waals surface area (Å²) in [5.74, 6) is 0. The minimum absolute atomic E-state index is 0.475. The smallest absolute Gasteiger partial charge is 0.119 e. The van der Waals surface area contributed by atoms with Crippen molar-refractivity contribution in [3.63, 3.8) is 0 Å². The molecule has 2 rings (SSSR count). The lowest BCUT2D eigenvalue weighted by molar-refractivity contribution is -0.0821. The van der Waals surface area contributed by atoms with Gasteiger partial charge in [-0.05, 0) is 24.6 Å². The zero-order valence-corrected chi connectivity index (χ0v) is 14.1. The Bertz CT molecular complexity index is 649. The summed E-state index contributed by atoms with van der Waals surface area (Å²) >= 11 is 0. The van der Waals surface area contributed by atoms with Gasteiger partial charge in [-0.1, -0.05) is 48.5 Å². The number of aliphatic hydroxyl groups is 4. The first-order valence-electron chi connectivity index (χ1n) is 8.12. The van der Waals surface area contributed by atoms with Crippen LogP contribution in [0.5, 0.6) is 0 Å². The van der Waals surface area contributed by atoms with Crippen LogP contribution in [0.4, 0.5) is 5.69 Å². The third kappa shape index (κ3) is 5.65. The number of rotatable bonds is 8. The second-order valence-corrected chi connectivity index (χ2v) is 5.86. The van der Waals surface area contributed by atoms with Gasteiger partial charge in [-0.3, -0.25) is 5.01 Å². The SMILES string of the molecule is CC(O)C(O)C(O)C(O)/C=N/N(Cc1ccccc1)c1ccccc1. The van der Waals surface area contributed by atoms with E-state index in [1.165, 1.54) is 6.92 Å². The number of hydrogen-bond donors (Lipinski definition) is 4. The van der Waals surface area contributed by atoms with Crippen molar-refractivity contribution in [3.05, 3.63) is 66.2 Å². The van der Waals surface area contributed by atoms with E-state index in [4.69, 9.17) is 0 Å². The van der Waals surface area contributed by atoms with Gasteiger partial charge in [0.1, 0.15) is 18.3 Å². The first kappa shape index (κ1) is 19.1. The van der Waals surface area contributed by atoms with Gasteiger partial charge in [0.15, 0.2) is 0 Å². The molecule has 0 aromatic heterocycles. The van der Waals surface area contributed by atoms with Crippen molar-refractivity contribution in [2.75, 3.05) is 5.01 Å². The summed E-state index contributed by atoms with van der Waals surface area (Å²) in [5, 5.41) is 44.8. The standard InChI is InChI=1S/C19H24N2O4/c1-14(22)18(24)19(25)17(23)12-20-21(16-10-6-3-7-11-16)13-15-8-4-2-5-9-15/h2-12,14,17-19,22-25H,13H2,1H3/b20-12+. The Hall–Kier alpha value is -2.25. The Morgan fingerprint density at radius 1 is 0.880 bits per heavy atom. The lowest BCUT2D eigenvalue weighted by Gasteiger charge is -2.24. The highest BCUT2D eigenvalue weighted by atomic mass is 16.4. The summed E-state index contributed by atoms with van der Waals surface area (Å²) in [6, 6.07) is 19.1. The predicted octanol–water partition coefficient (Wildman–Crippen LogP) is 1.14. The number of aliphatic hydroxyl groups excluding tert-OH is 4. The molecule has 0 fully saturated rings. The maximum Gasteiger partial charge on any atom is 0.119 e. The molecule has 4 atom stereocenters. The summed E-state index contributed by atoms with van der Waals surface area (Å²) in [5.41, 5.74) is 1.85. The van der Waals surface area contributed by atoms with Crippen molar-refractivity contribution < 1.29 is 20.4 Å². The maximum atomic E-state index is 10.0. The van der Waals surface area contributed by atoms with Gasteiger partial charge >= 0.3 is 0 Å². The fourth-order valence-electron chi connectivity index (χ4n) is 2.28. The van der Waals surface area contributed by atoms with E-state index in [-0.39, 0.29) is 0 Å². The average molecular weight is 344 g/mol. The lowest BCUT2D eigenvalue weighted by atomic mass is 10.1. The fraction of sp³-hybridized carbons (Fsp3) is 0.316. The van der Waals surface area contributed by atoms with E-state index < -0.39 is 24.4 Å². The molecule has 0 aliphatic rings. The number of anilines is 1. The lowest BCUT2D eigenvalue weighted by Crippen LogP contribution is -2.44. The van der Waals surface area contributed by atoms with Crippen LogP contribution < -0.4 is 5.01 Å². The molecule has 2 aromatic carbocycles. The predicted molar refractivity (Wildman–Crippen MR) is 97.3 cm³/mol. The number of benzene rings is 2.